The monoisotopic (exact) mass is 421 g/mol. The third-order valence-electron chi connectivity index (χ3n) is 4.36. The Morgan fingerprint density at radius 1 is 1.03 bits per heavy atom. The molecule has 8 heteroatoms. The molecule has 0 aliphatic heterocycles. The number of aryl methyl sites for hydroxylation is 1. The number of hydrogen-bond donors (Lipinski definition) is 2. The minimum atomic E-state index is -3.93. The first-order valence-corrected chi connectivity index (χ1v) is 10.4. The van der Waals surface area contributed by atoms with Crippen LogP contribution in [0.1, 0.15) is 21.5 Å². The van der Waals surface area contributed by atoms with E-state index >= 15 is 0 Å². The zero-order valence-corrected chi connectivity index (χ0v) is 17.2. The number of anilines is 2. The van der Waals surface area contributed by atoms with Gasteiger partial charge in [0, 0.05) is 11.3 Å². The molecule has 30 heavy (non-hydrogen) atoms. The summed E-state index contributed by atoms with van der Waals surface area (Å²) >= 11 is 0. The Bertz CT molecular complexity index is 1230. The highest BCUT2D eigenvalue weighted by Crippen LogP contribution is 2.28. The predicted octanol–water partition coefficient (Wildman–Crippen LogP) is 3.93. The maximum Gasteiger partial charge on any atom is 0.262 e. The molecule has 0 heterocycles. The van der Waals surface area contributed by atoms with Crippen molar-refractivity contribution < 1.29 is 17.9 Å². The lowest BCUT2D eigenvalue weighted by Crippen LogP contribution is -2.16. The molecular formula is C22H19N3O4S. The molecule has 0 spiro atoms. The van der Waals surface area contributed by atoms with E-state index in [1.54, 1.807) is 43.3 Å². The summed E-state index contributed by atoms with van der Waals surface area (Å²) in [7, 11) is -2.47. The number of ether oxygens (including phenoxy) is 1. The van der Waals surface area contributed by atoms with Crippen LogP contribution in [0.4, 0.5) is 11.4 Å². The number of carbonyl (C=O) groups is 1. The van der Waals surface area contributed by atoms with Crippen molar-refractivity contribution in [2.24, 2.45) is 0 Å². The van der Waals surface area contributed by atoms with Gasteiger partial charge in [0.25, 0.3) is 15.9 Å². The van der Waals surface area contributed by atoms with Crippen LogP contribution in [0, 0.1) is 18.3 Å². The fraction of sp³-hybridized carbons (Fsp3) is 0.0909. The van der Waals surface area contributed by atoms with Gasteiger partial charge in [-0.05, 0) is 61.0 Å². The molecule has 2 N–H and O–H groups in total. The first-order chi connectivity index (χ1) is 14.3. The molecular weight excluding hydrogens is 402 g/mol. The average Bonchev–Trinajstić information content (AvgIpc) is 2.75. The largest absolute Gasteiger partial charge is 0.495 e. The van der Waals surface area contributed by atoms with Gasteiger partial charge >= 0.3 is 0 Å². The molecule has 3 rings (SSSR count). The maximum absolute atomic E-state index is 13.0. The molecule has 0 atom stereocenters. The Balaban J connectivity index is 1.87. The van der Waals surface area contributed by atoms with Gasteiger partial charge in [-0.1, -0.05) is 18.2 Å². The number of carbonyl (C=O) groups excluding carboxylic acids is 1. The van der Waals surface area contributed by atoms with Gasteiger partial charge in [-0.3, -0.25) is 9.52 Å². The number of rotatable bonds is 6. The summed E-state index contributed by atoms with van der Waals surface area (Å²) in [5, 5.41) is 11.5. The SMILES string of the molecule is COc1ccccc1NS(=O)(=O)c1cc(NC(=O)c2ccc(C#N)cc2)ccc1C. The number of hydrogen-bond acceptors (Lipinski definition) is 5. The summed E-state index contributed by atoms with van der Waals surface area (Å²) < 4.78 is 33.6. The van der Waals surface area contributed by atoms with Gasteiger partial charge in [0.2, 0.25) is 0 Å². The second-order valence-corrected chi connectivity index (χ2v) is 8.08. The van der Waals surface area contributed by atoms with Crippen LogP contribution in [-0.4, -0.2) is 21.4 Å². The van der Waals surface area contributed by atoms with Crippen LogP contribution in [0.15, 0.2) is 71.6 Å². The molecule has 0 bridgehead atoms. The second kappa shape index (κ2) is 8.68. The van der Waals surface area contributed by atoms with Gasteiger partial charge in [0.1, 0.15) is 5.75 Å². The highest BCUT2D eigenvalue weighted by molar-refractivity contribution is 7.92. The van der Waals surface area contributed by atoms with Gasteiger partial charge in [-0.25, -0.2) is 8.42 Å². The summed E-state index contributed by atoms with van der Waals surface area (Å²) in [6, 6.07) is 19.4. The summed E-state index contributed by atoms with van der Waals surface area (Å²) in [5.74, 6) is -0.0200. The lowest BCUT2D eigenvalue weighted by atomic mass is 10.1. The zero-order chi connectivity index (χ0) is 21.7. The van der Waals surface area contributed by atoms with Gasteiger partial charge in [0.05, 0.1) is 29.3 Å². The lowest BCUT2D eigenvalue weighted by molar-refractivity contribution is 0.102. The van der Waals surface area contributed by atoms with Crippen molar-refractivity contribution >= 4 is 27.3 Å². The standard InChI is InChI=1S/C22H19N3O4S/c1-15-7-12-18(24-22(26)17-10-8-16(14-23)9-11-17)13-21(15)30(27,28)25-19-5-3-4-6-20(19)29-2/h3-13,25H,1-2H3,(H,24,26). The van der Waals surface area contributed by atoms with Crippen LogP contribution in [-0.2, 0) is 10.0 Å². The van der Waals surface area contributed by atoms with E-state index < -0.39 is 15.9 Å². The number of nitriles is 1. The van der Waals surface area contributed by atoms with Gasteiger partial charge < -0.3 is 10.1 Å². The molecule has 0 saturated carbocycles. The molecule has 0 aliphatic carbocycles. The predicted molar refractivity (Wildman–Crippen MR) is 114 cm³/mol. The van der Waals surface area contributed by atoms with E-state index in [9.17, 15) is 13.2 Å². The van der Waals surface area contributed by atoms with Crippen molar-refractivity contribution in [1.29, 1.82) is 5.26 Å². The maximum atomic E-state index is 13.0. The van der Waals surface area contributed by atoms with Crippen molar-refractivity contribution in [3.8, 4) is 11.8 Å². The van der Waals surface area contributed by atoms with Crippen LogP contribution < -0.4 is 14.8 Å². The topological polar surface area (TPSA) is 108 Å². The molecule has 0 unspecified atom stereocenters. The van der Waals surface area contributed by atoms with E-state index in [0.717, 1.165) is 0 Å². The number of para-hydroxylation sites is 2. The number of amides is 1. The van der Waals surface area contributed by atoms with Crippen molar-refractivity contribution in [1.82, 2.24) is 0 Å². The molecule has 1 amide bonds. The van der Waals surface area contributed by atoms with Crippen molar-refractivity contribution in [3.63, 3.8) is 0 Å². The van der Waals surface area contributed by atoms with Crippen LogP contribution in [0.2, 0.25) is 0 Å². The first kappa shape index (κ1) is 20.9. The Morgan fingerprint density at radius 2 is 1.73 bits per heavy atom. The molecule has 3 aromatic carbocycles. The van der Waals surface area contributed by atoms with Crippen LogP contribution in [0.25, 0.3) is 0 Å². The van der Waals surface area contributed by atoms with Crippen molar-refractivity contribution in [2.45, 2.75) is 11.8 Å². The third kappa shape index (κ3) is 4.59. The molecule has 0 radical (unpaired) electrons. The van der Waals surface area contributed by atoms with E-state index in [1.165, 1.54) is 37.4 Å². The minimum absolute atomic E-state index is 0.0334. The number of nitrogens with zero attached hydrogens (tertiary/aromatic N) is 1. The van der Waals surface area contributed by atoms with E-state index in [1.807, 2.05) is 6.07 Å². The van der Waals surface area contributed by atoms with E-state index in [4.69, 9.17) is 10.00 Å². The molecule has 152 valence electrons. The van der Waals surface area contributed by atoms with Gasteiger partial charge in [-0.15, -0.1) is 0 Å². The van der Waals surface area contributed by atoms with Gasteiger partial charge in [-0.2, -0.15) is 5.26 Å². The first-order valence-electron chi connectivity index (χ1n) is 8.92. The molecule has 3 aromatic rings. The third-order valence-corrected chi connectivity index (χ3v) is 5.87. The normalized spacial score (nSPS) is 10.7. The molecule has 0 aromatic heterocycles. The number of nitrogens with one attached hydrogen (secondary N) is 2. The molecule has 0 saturated heterocycles. The van der Waals surface area contributed by atoms with Crippen LogP contribution in [0.3, 0.4) is 0 Å². The second-order valence-electron chi connectivity index (χ2n) is 6.43. The van der Waals surface area contributed by atoms with E-state index in [-0.39, 0.29) is 4.90 Å². The highest BCUT2D eigenvalue weighted by Gasteiger charge is 2.20. The van der Waals surface area contributed by atoms with E-state index in [2.05, 4.69) is 10.0 Å². The number of sulfonamides is 1. The molecule has 0 fully saturated rings. The summed E-state index contributed by atoms with van der Waals surface area (Å²) in [5.41, 5.74) is 1.96. The Kier molecular flexibility index (Phi) is 6.04. The van der Waals surface area contributed by atoms with E-state index in [0.29, 0.717) is 33.8 Å². The smallest absolute Gasteiger partial charge is 0.262 e. The molecule has 7 nitrogen and oxygen atoms in total. The summed E-state index contributed by atoms with van der Waals surface area (Å²) in [4.78, 5) is 12.5. The van der Waals surface area contributed by atoms with Crippen molar-refractivity contribution in [2.75, 3.05) is 17.1 Å². The quantitative estimate of drug-likeness (QED) is 0.627. The fourth-order valence-electron chi connectivity index (χ4n) is 2.80. The van der Waals surface area contributed by atoms with Crippen LogP contribution in [0.5, 0.6) is 5.75 Å². The lowest BCUT2D eigenvalue weighted by Gasteiger charge is -2.14. The Hall–Kier alpha value is -3.83. The fourth-order valence-corrected chi connectivity index (χ4v) is 4.14. The van der Waals surface area contributed by atoms with Crippen molar-refractivity contribution in [3.05, 3.63) is 83.4 Å². The Labute approximate surface area is 175 Å². The number of benzene rings is 3. The summed E-state index contributed by atoms with van der Waals surface area (Å²) in [6.45, 7) is 1.67. The van der Waals surface area contributed by atoms with Crippen LogP contribution >= 0.6 is 0 Å². The summed E-state index contributed by atoms with van der Waals surface area (Å²) in [6.07, 6.45) is 0. The number of methoxy groups -OCH3 is 1. The van der Waals surface area contributed by atoms with Gasteiger partial charge in [0.15, 0.2) is 0 Å². The minimum Gasteiger partial charge on any atom is -0.495 e. The molecule has 0 aliphatic rings. The zero-order valence-electron chi connectivity index (χ0n) is 16.3. The Morgan fingerprint density at radius 3 is 2.40 bits per heavy atom. The average molecular weight is 421 g/mol. The highest BCUT2D eigenvalue weighted by atomic mass is 32.2.